The number of carbonyl (C=O) groups is 2. The molecule has 3 aromatic rings. The standard InChI is InChI=1S/C20H19F3IN9O4S/c1-9-4-12(31-37-9)7-32(36)18(35)14-15(25-3)30-24-33(14)10(2)16(34)28-13-8-38-17(29-13)11-5-26-19(27-6-11)20(21,22)23/h4-6,8,10,25,36H,7H2,1-3H3,(H,28,34)/t10-/m0/s1. The number of nitrogens with one attached hydrogen (secondary N) is 2. The van der Waals surface area contributed by atoms with Gasteiger partial charge in [0.15, 0.2) is 11.5 Å². The van der Waals surface area contributed by atoms with Crippen molar-refractivity contribution >= 4 is 50.3 Å². The molecule has 3 aromatic heterocycles. The molecular weight excluding hydrogens is 646 g/mol. The van der Waals surface area contributed by atoms with Crippen LogP contribution < -0.4 is 10.6 Å². The third-order valence-corrected chi connectivity index (χ3v) is 8.30. The number of nitrogens with zero attached hydrogens (tertiary/aromatic N) is 7. The van der Waals surface area contributed by atoms with Crippen LogP contribution in [0.25, 0.3) is 10.6 Å². The Morgan fingerprint density at radius 3 is 2.63 bits per heavy atom. The van der Waals surface area contributed by atoms with Gasteiger partial charge in [0.05, 0.1) is 6.54 Å². The average molecular weight is 665 g/mol. The number of hydroxylamine groups is 2. The van der Waals surface area contributed by atoms with Gasteiger partial charge < -0.3 is 15.2 Å². The van der Waals surface area contributed by atoms with Gasteiger partial charge in [0.1, 0.15) is 49.6 Å². The third-order valence-electron chi connectivity index (χ3n) is 4.93. The van der Waals surface area contributed by atoms with E-state index in [1.165, 1.54) is 8.49 Å². The Labute approximate surface area is 227 Å². The first-order valence-corrected chi connectivity index (χ1v) is 13.4. The molecule has 3 N–H and O–H groups in total. The first-order chi connectivity index (χ1) is 18.0. The number of hydrogen-bond donors (Lipinski definition) is 3. The second-order valence-corrected chi connectivity index (χ2v) is 10.5. The number of rotatable bonds is 8. The number of hydrogen-bond acceptors (Lipinski definition) is 12. The van der Waals surface area contributed by atoms with E-state index in [9.17, 15) is 28.0 Å². The van der Waals surface area contributed by atoms with Crippen LogP contribution in [0.2, 0.25) is 0 Å². The summed E-state index contributed by atoms with van der Waals surface area (Å²) >= 11 is -0.0999. The molecule has 1 aliphatic rings. The minimum absolute atomic E-state index is 0.0199. The highest BCUT2D eigenvalue weighted by molar-refractivity contribution is 14.1. The normalized spacial score (nSPS) is 14.3. The number of alkyl halides is 3. The Morgan fingerprint density at radius 1 is 1.32 bits per heavy atom. The largest absolute Gasteiger partial charge is 0.451 e. The van der Waals surface area contributed by atoms with E-state index in [1.54, 1.807) is 27.0 Å². The van der Waals surface area contributed by atoms with Crippen molar-refractivity contribution in [2.75, 3.05) is 12.4 Å². The number of anilines is 1. The van der Waals surface area contributed by atoms with Crippen molar-refractivity contribution in [2.24, 2.45) is 3.15 Å². The zero-order valence-corrected chi connectivity index (χ0v) is 22.8. The lowest BCUT2D eigenvalue weighted by atomic mass is 10.2. The van der Waals surface area contributed by atoms with E-state index in [2.05, 4.69) is 33.9 Å². The summed E-state index contributed by atoms with van der Waals surface area (Å²) in [5.74, 6) is -1.66. The fourth-order valence-electron chi connectivity index (χ4n) is 3.09. The van der Waals surface area contributed by atoms with Crippen molar-refractivity contribution in [3.05, 3.63) is 52.6 Å². The molecule has 4 rings (SSSR count). The smallest absolute Gasteiger partial charge is 0.371 e. The van der Waals surface area contributed by atoms with Gasteiger partial charge in [-0.2, -0.15) is 16.3 Å². The predicted octanol–water partition coefficient (Wildman–Crippen LogP) is 3.43. The Balaban J connectivity index is 1.45. The Kier molecular flexibility index (Phi) is 8.02. The first-order valence-electron chi connectivity index (χ1n) is 10.6. The van der Waals surface area contributed by atoms with E-state index >= 15 is 0 Å². The Bertz CT molecular complexity index is 1410. The molecule has 0 unspecified atom stereocenters. The van der Waals surface area contributed by atoms with E-state index in [0.717, 1.165) is 23.7 Å². The molecule has 0 aromatic carbocycles. The van der Waals surface area contributed by atoms with Crippen LogP contribution in [0.5, 0.6) is 0 Å². The van der Waals surface area contributed by atoms with Gasteiger partial charge in [0, 0.05) is 36.5 Å². The van der Waals surface area contributed by atoms with E-state index in [4.69, 9.17) is 4.52 Å². The summed E-state index contributed by atoms with van der Waals surface area (Å²) in [5.41, 5.74) is 0.608. The van der Waals surface area contributed by atoms with Crippen LogP contribution in [-0.4, -0.2) is 58.4 Å². The minimum atomic E-state index is -4.66. The van der Waals surface area contributed by atoms with Crippen molar-refractivity contribution < 1.29 is 32.5 Å². The zero-order valence-electron chi connectivity index (χ0n) is 19.8. The second kappa shape index (κ2) is 11.1. The summed E-state index contributed by atoms with van der Waals surface area (Å²) in [7, 11) is 1.56. The van der Waals surface area contributed by atoms with Crippen molar-refractivity contribution in [1.82, 2.24) is 33.6 Å². The van der Waals surface area contributed by atoms with Crippen LogP contribution >= 0.6 is 32.6 Å². The minimum Gasteiger partial charge on any atom is -0.371 e. The average Bonchev–Trinajstić information content (AvgIpc) is 3.62. The fourth-order valence-corrected chi connectivity index (χ4v) is 6.01. The molecule has 2 amide bonds. The molecule has 0 aliphatic carbocycles. The summed E-state index contributed by atoms with van der Waals surface area (Å²) in [4.78, 5) is 36.9. The lowest BCUT2D eigenvalue weighted by Gasteiger charge is -2.25. The number of carbonyl (C=O) groups excluding carboxylic acids is 2. The molecule has 0 bridgehead atoms. The maximum absolute atomic E-state index is 13.1. The van der Waals surface area contributed by atoms with Gasteiger partial charge in [-0.1, -0.05) is 5.16 Å². The van der Waals surface area contributed by atoms with Gasteiger partial charge in [-0.3, -0.25) is 17.9 Å². The number of amides is 2. The van der Waals surface area contributed by atoms with E-state index in [1.807, 2.05) is 0 Å². The number of thiazole rings is 1. The SMILES string of the molecule is CNC1=C(C(=O)N(O)Cc2cc(C)on2)N([C@@H](C)C(=O)Nc2csc(-c3cnc(C(F)(F)F)nc3)n2)I=N1. The van der Waals surface area contributed by atoms with Crippen LogP contribution in [0.3, 0.4) is 0 Å². The Hall–Kier alpha value is -3.52. The van der Waals surface area contributed by atoms with Crippen LogP contribution in [0.4, 0.5) is 19.0 Å². The molecule has 1 aliphatic heterocycles. The molecule has 13 nitrogen and oxygen atoms in total. The van der Waals surface area contributed by atoms with Gasteiger partial charge in [-0.05, 0) is 13.8 Å². The highest BCUT2D eigenvalue weighted by atomic mass is 127. The molecule has 0 spiro atoms. The molecule has 0 saturated carbocycles. The maximum atomic E-state index is 13.1. The van der Waals surface area contributed by atoms with E-state index in [0.29, 0.717) is 21.5 Å². The van der Waals surface area contributed by atoms with E-state index < -0.39 is 51.2 Å². The topological polar surface area (TPSA) is 162 Å². The molecule has 1 atom stereocenters. The maximum Gasteiger partial charge on any atom is 0.451 e. The summed E-state index contributed by atoms with van der Waals surface area (Å²) in [6.45, 7) is 3.00. The molecule has 0 radical (unpaired) electrons. The number of aryl methyl sites for hydroxylation is 1. The molecule has 38 heavy (non-hydrogen) atoms. The quantitative estimate of drug-likeness (QED) is 0.141. The van der Waals surface area contributed by atoms with Crippen LogP contribution in [0.15, 0.2) is 43.0 Å². The lowest BCUT2D eigenvalue weighted by molar-refractivity contribution is -0.164. The summed E-state index contributed by atoms with van der Waals surface area (Å²) < 4.78 is 48.9. The lowest BCUT2D eigenvalue weighted by Crippen LogP contribution is -2.41. The van der Waals surface area contributed by atoms with Gasteiger partial charge in [0.25, 0.3) is 5.91 Å². The van der Waals surface area contributed by atoms with Crippen LogP contribution in [-0.2, 0) is 22.3 Å². The van der Waals surface area contributed by atoms with Crippen molar-refractivity contribution in [3.8, 4) is 10.6 Å². The summed E-state index contributed by atoms with van der Waals surface area (Å²) in [6, 6.07) is 0.696. The third kappa shape index (κ3) is 5.96. The van der Waals surface area contributed by atoms with E-state index in [-0.39, 0.29) is 29.4 Å². The molecular formula is C20H19F3IN9O4S. The van der Waals surface area contributed by atoms with Crippen molar-refractivity contribution in [2.45, 2.75) is 32.6 Å². The Morgan fingerprint density at radius 2 is 2.03 bits per heavy atom. The van der Waals surface area contributed by atoms with Gasteiger partial charge in [-0.15, -0.1) is 11.3 Å². The monoisotopic (exact) mass is 665 g/mol. The second-order valence-electron chi connectivity index (χ2n) is 7.71. The van der Waals surface area contributed by atoms with Crippen LogP contribution in [0.1, 0.15) is 24.2 Å². The highest BCUT2D eigenvalue weighted by Crippen LogP contribution is 2.34. The van der Waals surface area contributed by atoms with Gasteiger partial charge in [0.2, 0.25) is 11.7 Å². The zero-order chi connectivity index (χ0) is 27.6. The van der Waals surface area contributed by atoms with Gasteiger partial charge >= 0.3 is 6.18 Å². The number of aromatic nitrogens is 4. The van der Waals surface area contributed by atoms with Crippen LogP contribution in [0, 0.1) is 6.92 Å². The highest BCUT2D eigenvalue weighted by Gasteiger charge is 2.36. The van der Waals surface area contributed by atoms with Gasteiger partial charge in [-0.25, -0.2) is 20.0 Å². The van der Waals surface area contributed by atoms with Crippen molar-refractivity contribution in [1.29, 1.82) is 0 Å². The fraction of sp³-hybridized carbons (Fsp3) is 0.300. The van der Waals surface area contributed by atoms with Crippen molar-refractivity contribution in [3.63, 3.8) is 0 Å². The summed E-state index contributed by atoms with van der Waals surface area (Å²) in [5, 5.41) is 21.9. The predicted molar refractivity (Wildman–Crippen MR) is 134 cm³/mol. The first kappa shape index (κ1) is 27.5. The molecule has 0 fully saturated rings. The molecule has 18 heteroatoms. The number of halogens is 4. The molecule has 4 heterocycles. The summed E-state index contributed by atoms with van der Waals surface area (Å²) in [6.07, 6.45) is -2.66. The molecule has 202 valence electrons. The molecule has 0 saturated heterocycles.